The Hall–Kier alpha value is -0.610. The highest BCUT2D eigenvalue weighted by molar-refractivity contribution is 5.71. The van der Waals surface area contributed by atoms with Gasteiger partial charge in [-0.05, 0) is 25.7 Å². The molecule has 0 fully saturated rings. The Labute approximate surface area is 98.4 Å². The van der Waals surface area contributed by atoms with Gasteiger partial charge in [0.25, 0.3) is 0 Å². The van der Waals surface area contributed by atoms with E-state index in [1.807, 2.05) is 13.8 Å². The number of aliphatic hydroxyl groups excluding tert-OH is 1. The lowest BCUT2D eigenvalue weighted by atomic mass is 9.89. The van der Waals surface area contributed by atoms with Crippen molar-refractivity contribution in [2.75, 3.05) is 13.1 Å². The van der Waals surface area contributed by atoms with Gasteiger partial charge in [0.1, 0.15) is 0 Å². The molecule has 0 aromatic carbocycles. The van der Waals surface area contributed by atoms with Crippen molar-refractivity contribution < 1.29 is 14.6 Å². The topological polar surface area (TPSA) is 58.6 Å². The molecule has 0 aromatic heterocycles. The van der Waals surface area contributed by atoms with Gasteiger partial charge in [-0.3, -0.25) is 4.79 Å². The maximum absolute atomic E-state index is 11.2. The first-order chi connectivity index (χ1) is 7.20. The molecule has 0 aliphatic carbocycles. The van der Waals surface area contributed by atoms with E-state index < -0.39 is 6.10 Å². The summed E-state index contributed by atoms with van der Waals surface area (Å²) in [6, 6.07) is 0. The highest BCUT2D eigenvalue weighted by Crippen LogP contribution is 2.20. The third-order valence-electron chi connectivity index (χ3n) is 1.86. The van der Waals surface area contributed by atoms with Gasteiger partial charge in [0.2, 0.25) is 0 Å². The number of ether oxygens (including phenoxy) is 1. The van der Waals surface area contributed by atoms with Gasteiger partial charge in [0.05, 0.1) is 18.8 Å². The molecule has 0 radical (unpaired) electrons. The molecule has 0 saturated heterocycles. The number of rotatable bonds is 6. The number of nitrogens with one attached hydrogen (secondary N) is 1. The molecule has 2 N–H and O–H groups in total. The van der Waals surface area contributed by atoms with Gasteiger partial charge >= 0.3 is 5.97 Å². The average Bonchev–Trinajstić information content (AvgIpc) is 1.98. The Morgan fingerprint density at radius 2 is 1.94 bits per heavy atom. The van der Waals surface area contributed by atoms with Gasteiger partial charge in [-0.2, -0.15) is 0 Å². The lowest BCUT2D eigenvalue weighted by molar-refractivity contribution is -0.146. The second-order valence-electron chi connectivity index (χ2n) is 5.59. The van der Waals surface area contributed by atoms with Gasteiger partial charge in [-0.25, -0.2) is 0 Å². The van der Waals surface area contributed by atoms with E-state index in [2.05, 4.69) is 26.1 Å². The molecule has 16 heavy (non-hydrogen) atoms. The standard InChI is InChI=1S/C12H25NO3/c1-9(2)16-11(15)8-13-7-10(14)6-12(3,4)5/h9-10,13-14H,6-8H2,1-5H3. The van der Waals surface area contributed by atoms with Crippen LogP contribution in [0.5, 0.6) is 0 Å². The van der Waals surface area contributed by atoms with Crippen molar-refractivity contribution >= 4 is 5.97 Å². The van der Waals surface area contributed by atoms with Crippen LogP contribution in [0.2, 0.25) is 0 Å². The Morgan fingerprint density at radius 1 is 1.38 bits per heavy atom. The van der Waals surface area contributed by atoms with E-state index in [-0.39, 0.29) is 24.0 Å². The molecular formula is C12H25NO3. The smallest absolute Gasteiger partial charge is 0.320 e. The zero-order valence-electron chi connectivity index (χ0n) is 11.0. The van der Waals surface area contributed by atoms with Crippen LogP contribution in [0, 0.1) is 5.41 Å². The summed E-state index contributed by atoms with van der Waals surface area (Å²) in [5.41, 5.74) is 0.0968. The number of carbonyl (C=O) groups is 1. The monoisotopic (exact) mass is 231 g/mol. The minimum Gasteiger partial charge on any atom is -0.462 e. The van der Waals surface area contributed by atoms with Crippen LogP contribution < -0.4 is 5.32 Å². The van der Waals surface area contributed by atoms with E-state index in [1.165, 1.54) is 0 Å². The first kappa shape index (κ1) is 15.4. The van der Waals surface area contributed by atoms with E-state index in [4.69, 9.17) is 4.74 Å². The van der Waals surface area contributed by atoms with Gasteiger partial charge in [-0.15, -0.1) is 0 Å². The summed E-state index contributed by atoms with van der Waals surface area (Å²) < 4.78 is 4.95. The molecule has 0 aliphatic rings. The fourth-order valence-corrected chi connectivity index (χ4v) is 1.42. The van der Waals surface area contributed by atoms with Gasteiger partial charge < -0.3 is 15.2 Å². The Balaban J connectivity index is 3.62. The van der Waals surface area contributed by atoms with E-state index in [1.54, 1.807) is 0 Å². The Kier molecular flexibility index (Phi) is 6.60. The number of hydrogen-bond acceptors (Lipinski definition) is 4. The normalized spacial score (nSPS) is 13.9. The number of carbonyl (C=O) groups excluding carboxylic acids is 1. The summed E-state index contributed by atoms with van der Waals surface area (Å²) in [4.78, 5) is 11.2. The molecule has 0 aromatic rings. The van der Waals surface area contributed by atoms with Crippen molar-refractivity contribution in [3.05, 3.63) is 0 Å². The lowest BCUT2D eigenvalue weighted by Crippen LogP contribution is -2.34. The van der Waals surface area contributed by atoms with Crippen LogP contribution in [0.1, 0.15) is 41.0 Å². The number of hydrogen-bond donors (Lipinski definition) is 2. The van der Waals surface area contributed by atoms with E-state index >= 15 is 0 Å². The average molecular weight is 231 g/mol. The van der Waals surface area contributed by atoms with Crippen molar-refractivity contribution in [1.82, 2.24) is 5.32 Å². The van der Waals surface area contributed by atoms with Crippen LogP contribution in [0.15, 0.2) is 0 Å². The minimum absolute atomic E-state index is 0.0891. The van der Waals surface area contributed by atoms with Crippen LogP contribution in [0.25, 0.3) is 0 Å². The third kappa shape index (κ3) is 9.93. The summed E-state index contributed by atoms with van der Waals surface area (Å²) >= 11 is 0. The number of aliphatic hydroxyl groups is 1. The van der Waals surface area contributed by atoms with Crippen LogP contribution in [-0.4, -0.2) is 36.4 Å². The SMILES string of the molecule is CC(C)OC(=O)CNCC(O)CC(C)(C)C. The quantitative estimate of drug-likeness (QED) is 0.677. The summed E-state index contributed by atoms with van der Waals surface area (Å²) in [6.45, 7) is 10.4. The lowest BCUT2D eigenvalue weighted by Gasteiger charge is -2.22. The fraction of sp³-hybridized carbons (Fsp3) is 0.917. The van der Waals surface area contributed by atoms with Crippen molar-refractivity contribution in [1.29, 1.82) is 0 Å². The molecule has 0 heterocycles. The summed E-state index contributed by atoms with van der Waals surface area (Å²) in [5.74, 6) is -0.280. The molecule has 96 valence electrons. The second-order valence-corrected chi connectivity index (χ2v) is 5.59. The molecule has 0 aliphatic heterocycles. The van der Waals surface area contributed by atoms with Crippen molar-refractivity contribution in [3.63, 3.8) is 0 Å². The van der Waals surface area contributed by atoms with Crippen LogP contribution in [0.3, 0.4) is 0 Å². The largest absolute Gasteiger partial charge is 0.462 e. The summed E-state index contributed by atoms with van der Waals surface area (Å²) in [7, 11) is 0. The molecule has 0 spiro atoms. The maximum atomic E-state index is 11.2. The minimum atomic E-state index is -0.424. The van der Waals surface area contributed by atoms with E-state index in [0.29, 0.717) is 13.0 Å². The first-order valence-corrected chi connectivity index (χ1v) is 5.79. The zero-order valence-corrected chi connectivity index (χ0v) is 11.0. The molecule has 4 heteroatoms. The maximum Gasteiger partial charge on any atom is 0.320 e. The predicted octanol–water partition coefficient (Wildman–Crippen LogP) is 1.32. The van der Waals surface area contributed by atoms with Gasteiger partial charge in [0, 0.05) is 6.54 Å². The van der Waals surface area contributed by atoms with Crippen LogP contribution in [0.4, 0.5) is 0 Å². The fourth-order valence-electron chi connectivity index (χ4n) is 1.42. The van der Waals surface area contributed by atoms with Crippen molar-refractivity contribution in [2.24, 2.45) is 5.41 Å². The molecular weight excluding hydrogens is 206 g/mol. The Bertz CT molecular complexity index is 209. The van der Waals surface area contributed by atoms with Crippen molar-refractivity contribution in [2.45, 2.75) is 53.2 Å². The summed E-state index contributed by atoms with van der Waals surface area (Å²) in [5, 5.41) is 12.6. The molecule has 1 atom stereocenters. The molecule has 0 saturated carbocycles. The summed E-state index contributed by atoms with van der Waals surface area (Å²) in [6.07, 6.45) is 0.194. The van der Waals surface area contributed by atoms with Crippen LogP contribution >= 0.6 is 0 Å². The zero-order chi connectivity index (χ0) is 12.8. The molecule has 0 rings (SSSR count). The molecule has 4 nitrogen and oxygen atoms in total. The van der Waals surface area contributed by atoms with Gasteiger partial charge in [-0.1, -0.05) is 20.8 Å². The van der Waals surface area contributed by atoms with Crippen LogP contribution in [-0.2, 0) is 9.53 Å². The van der Waals surface area contributed by atoms with E-state index in [0.717, 1.165) is 0 Å². The number of esters is 1. The molecule has 0 bridgehead atoms. The first-order valence-electron chi connectivity index (χ1n) is 5.79. The predicted molar refractivity (Wildman–Crippen MR) is 64.2 cm³/mol. The molecule has 0 amide bonds. The second kappa shape index (κ2) is 6.86. The highest BCUT2D eigenvalue weighted by atomic mass is 16.5. The highest BCUT2D eigenvalue weighted by Gasteiger charge is 2.16. The third-order valence-corrected chi connectivity index (χ3v) is 1.86. The van der Waals surface area contributed by atoms with Gasteiger partial charge in [0.15, 0.2) is 0 Å². The molecule has 1 unspecified atom stereocenters. The van der Waals surface area contributed by atoms with E-state index in [9.17, 15) is 9.90 Å². The van der Waals surface area contributed by atoms with Crippen molar-refractivity contribution in [3.8, 4) is 0 Å². The Morgan fingerprint density at radius 3 is 2.38 bits per heavy atom.